The highest BCUT2D eigenvalue weighted by Crippen LogP contribution is 2.24. The van der Waals surface area contributed by atoms with Gasteiger partial charge in [-0.15, -0.1) is 0 Å². The van der Waals surface area contributed by atoms with E-state index in [1.54, 1.807) is 72.8 Å². The number of nitrogens with one attached hydrogen (secondary N) is 2. The summed E-state index contributed by atoms with van der Waals surface area (Å²) < 4.78 is 17.0. The average Bonchev–Trinajstić information content (AvgIpc) is 2.94. The molecular weight excluding hydrogens is 500 g/mol. The molecule has 0 atom stereocenters. The predicted molar refractivity (Wildman–Crippen MR) is 148 cm³/mol. The maximum atomic E-state index is 11.3. The van der Waals surface area contributed by atoms with E-state index in [0.717, 1.165) is 11.4 Å². The minimum Gasteiger partial charge on any atom is -0.491 e. The Morgan fingerprint density at radius 2 is 0.923 bits per heavy atom. The van der Waals surface area contributed by atoms with Crippen molar-refractivity contribution in [3.63, 3.8) is 0 Å². The van der Waals surface area contributed by atoms with Crippen molar-refractivity contribution in [1.82, 2.24) is 0 Å². The van der Waals surface area contributed by atoms with Crippen LogP contribution in [0.3, 0.4) is 0 Å². The highest BCUT2D eigenvalue weighted by atomic mass is 16.5. The van der Waals surface area contributed by atoms with Crippen LogP contribution in [0.1, 0.15) is 20.7 Å². The number of benzene rings is 4. The number of carboxylic acid groups (broad SMARTS) is 2. The highest BCUT2D eigenvalue weighted by Gasteiger charge is 2.10. The molecule has 0 aliphatic rings. The molecule has 0 aliphatic carbocycles. The smallest absolute Gasteiger partial charge is 0.337 e. The van der Waals surface area contributed by atoms with Crippen LogP contribution in [0.15, 0.2) is 97.1 Å². The summed E-state index contributed by atoms with van der Waals surface area (Å²) in [6.07, 6.45) is 0. The van der Waals surface area contributed by atoms with E-state index in [-0.39, 0.29) is 11.1 Å². The van der Waals surface area contributed by atoms with Gasteiger partial charge in [0.1, 0.15) is 24.7 Å². The molecule has 4 aromatic rings. The van der Waals surface area contributed by atoms with Crippen LogP contribution in [-0.2, 0) is 4.74 Å². The van der Waals surface area contributed by atoms with Crippen LogP contribution in [0.2, 0.25) is 0 Å². The molecule has 0 fully saturated rings. The molecule has 0 saturated heterocycles. The summed E-state index contributed by atoms with van der Waals surface area (Å²) in [6.45, 7) is 1.52. The van der Waals surface area contributed by atoms with E-state index in [1.807, 2.05) is 24.3 Å². The van der Waals surface area contributed by atoms with Crippen LogP contribution in [0, 0.1) is 0 Å². The maximum absolute atomic E-state index is 11.3. The van der Waals surface area contributed by atoms with Crippen LogP contribution in [-0.4, -0.2) is 48.6 Å². The molecule has 0 saturated carbocycles. The minimum atomic E-state index is -0.991. The van der Waals surface area contributed by atoms with E-state index in [1.165, 1.54) is 0 Å². The lowest BCUT2D eigenvalue weighted by Gasteiger charge is -2.12. The number of aromatic carboxylic acids is 2. The van der Waals surface area contributed by atoms with Gasteiger partial charge in [-0.1, -0.05) is 24.3 Å². The van der Waals surface area contributed by atoms with Gasteiger partial charge in [-0.05, 0) is 72.8 Å². The van der Waals surface area contributed by atoms with Crippen LogP contribution in [0.5, 0.6) is 11.5 Å². The maximum Gasteiger partial charge on any atom is 0.337 e. The van der Waals surface area contributed by atoms with Crippen molar-refractivity contribution in [1.29, 1.82) is 0 Å². The van der Waals surface area contributed by atoms with E-state index < -0.39 is 11.9 Å². The molecule has 39 heavy (non-hydrogen) atoms. The fraction of sp³-hybridized carbons (Fsp3) is 0.133. The Hall–Kier alpha value is -5.02. The van der Waals surface area contributed by atoms with Crippen molar-refractivity contribution in [2.45, 2.75) is 0 Å². The molecule has 4 aromatic carbocycles. The predicted octanol–water partition coefficient (Wildman–Crippen LogP) is 6.04. The van der Waals surface area contributed by atoms with Crippen molar-refractivity contribution < 1.29 is 34.0 Å². The Morgan fingerprint density at radius 3 is 1.31 bits per heavy atom. The third-order valence-electron chi connectivity index (χ3n) is 5.57. The van der Waals surface area contributed by atoms with Gasteiger partial charge in [0.2, 0.25) is 0 Å². The zero-order valence-electron chi connectivity index (χ0n) is 21.0. The minimum absolute atomic E-state index is 0.201. The van der Waals surface area contributed by atoms with Crippen LogP contribution >= 0.6 is 0 Å². The first-order valence-electron chi connectivity index (χ1n) is 12.2. The second-order valence-electron chi connectivity index (χ2n) is 8.31. The zero-order valence-corrected chi connectivity index (χ0v) is 21.0. The largest absolute Gasteiger partial charge is 0.491 e. The lowest BCUT2D eigenvalue weighted by molar-refractivity contribution is 0.0687. The van der Waals surface area contributed by atoms with Gasteiger partial charge >= 0.3 is 11.9 Å². The fourth-order valence-corrected chi connectivity index (χ4v) is 3.68. The Balaban J connectivity index is 1.12. The van der Waals surface area contributed by atoms with E-state index >= 15 is 0 Å². The lowest BCUT2D eigenvalue weighted by atomic mass is 10.1. The van der Waals surface area contributed by atoms with E-state index in [0.29, 0.717) is 49.3 Å². The third kappa shape index (κ3) is 7.98. The van der Waals surface area contributed by atoms with Crippen LogP contribution in [0.4, 0.5) is 22.7 Å². The molecule has 0 unspecified atom stereocenters. The number of carboxylic acids is 2. The molecule has 200 valence electrons. The van der Waals surface area contributed by atoms with Gasteiger partial charge in [-0.3, -0.25) is 0 Å². The fourth-order valence-electron chi connectivity index (χ4n) is 3.68. The molecule has 4 N–H and O–H groups in total. The molecule has 0 spiro atoms. The van der Waals surface area contributed by atoms with Gasteiger partial charge < -0.3 is 35.1 Å². The summed E-state index contributed by atoms with van der Waals surface area (Å²) in [5, 5.41) is 24.8. The molecule has 0 radical (unpaired) electrons. The van der Waals surface area contributed by atoms with Gasteiger partial charge in [0.15, 0.2) is 0 Å². The Bertz CT molecular complexity index is 1280. The molecule has 9 heteroatoms. The number of hydrogen-bond acceptors (Lipinski definition) is 7. The molecule has 0 aliphatic heterocycles. The summed E-state index contributed by atoms with van der Waals surface area (Å²) in [5.41, 5.74) is 2.93. The van der Waals surface area contributed by atoms with Crippen molar-refractivity contribution in [3.05, 3.63) is 108 Å². The number of carbonyl (C=O) groups is 2. The summed E-state index contributed by atoms with van der Waals surface area (Å²) in [4.78, 5) is 22.7. The zero-order chi connectivity index (χ0) is 27.5. The number of hydrogen-bond donors (Lipinski definition) is 4. The van der Waals surface area contributed by atoms with Gasteiger partial charge in [0.25, 0.3) is 0 Å². The number of anilines is 4. The first-order chi connectivity index (χ1) is 19.0. The van der Waals surface area contributed by atoms with Crippen LogP contribution < -0.4 is 20.1 Å². The molecule has 0 amide bonds. The summed E-state index contributed by atoms with van der Waals surface area (Å²) >= 11 is 0. The van der Waals surface area contributed by atoms with Crippen molar-refractivity contribution in [2.24, 2.45) is 0 Å². The Morgan fingerprint density at radius 1 is 0.538 bits per heavy atom. The van der Waals surface area contributed by atoms with Crippen molar-refractivity contribution in [2.75, 3.05) is 37.1 Å². The summed E-state index contributed by atoms with van der Waals surface area (Å²) in [5.74, 6) is -0.636. The molecular formula is C30H28N2O7. The van der Waals surface area contributed by atoms with Gasteiger partial charge in [0.05, 0.1) is 35.7 Å². The second-order valence-corrected chi connectivity index (χ2v) is 8.31. The van der Waals surface area contributed by atoms with E-state index in [4.69, 9.17) is 14.2 Å². The quantitative estimate of drug-likeness (QED) is 0.145. The standard InChI is InChI=1S/C30H28N2O7/c33-29(34)25-5-1-3-7-27(25)31-21-9-13-23(14-10-21)38-19-17-37-18-20-39-24-15-11-22(12-16-24)32-28-8-4-2-6-26(28)30(35)36/h1-16,31-32H,17-20H2,(H,33,34)(H,35,36). The SMILES string of the molecule is O=C(O)c1ccccc1Nc1ccc(OCCOCCOc2ccc(Nc3ccccc3C(=O)O)cc2)cc1. The molecule has 0 aromatic heterocycles. The normalized spacial score (nSPS) is 10.5. The average molecular weight is 529 g/mol. The van der Waals surface area contributed by atoms with Gasteiger partial charge in [-0.2, -0.15) is 0 Å². The van der Waals surface area contributed by atoms with Crippen LogP contribution in [0.25, 0.3) is 0 Å². The van der Waals surface area contributed by atoms with E-state index in [2.05, 4.69) is 10.6 Å². The topological polar surface area (TPSA) is 126 Å². The van der Waals surface area contributed by atoms with Gasteiger partial charge in [-0.25, -0.2) is 9.59 Å². The summed E-state index contributed by atoms with van der Waals surface area (Å²) in [7, 11) is 0. The third-order valence-corrected chi connectivity index (χ3v) is 5.57. The second kappa shape index (κ2) is 13.5. The van der Waals surface area contributed by atoms with Crippen molar-refractivity contribution in [3.8, 4) is 11.5 Å². The first-order valence-corrected chi connectivity index (χ1v) is 12.2. The molecule has 0 bridgehead atoms. The number of para-hydroxylation sites is 2. The number of ether oxygens (including phenoxy) is 3. The first kappa shape index (κ1) is 27.0. The molecule has 0 heterocycles. The van der Waals surface area contributed by atoms with Crippen molar-refractivity contribution >= 4 is 34.7 Å². The Labute approximate surface area is 225 Å². The molecule has 9 nitrogen and oxygen atoms in total. The lowest BCUT2D eigenvalue weighted by Crippen LogP contribution is -2.12. The molecule has 4 rings (SSSR count). The number of rotatable bonds is 14. The monoisotopic (exact) mass is 528 g/mol. The van der Waals surface area contributed by atoms with Gasteiger partial charge in [0, 0.05) is 11.4 Å². The van der Waals surface area contributed by atoms with E-state index in [9.17, 15) is 19.8 Å². The summed E-state index contributed by atoms with van der Waals surface area (Å²) in [6, 6.07) is 27.9. The highest BCUT2D eigenvalue weighted by molar-refractivity contribution is 5.95. The Kier molecular flexibility index (Phi) is 9.36.